The molecule has 1 aliphatic heterocycles. The Bertz CT molecular complexity index is 1580. The average molecular weight is 626 g/mol. The van der Waals surface area contributed by atoms with Gasteiger partial charge in [0.15, 0.2) is 23.9 Å². The molecule has 0 radical (unpaired) electrons. The molecule has 5 amide bonds. The van der Waals surface area contributed by atoms with Crippen molar-refractivity contribution in [3.05, 3.63) is 81.3 Å². The number of imide groups is 2. The highest BCUT2D eigenvalue weighted by molar-refractivity contribution is 6.40. The Labute approximate surface area is 258 Å². The first-order chi connectivity index (χ1) is 20.6. The van der Waals surface area contributed by atoms with Crippen LogP contribution in [0.3, 0.4) is 0 Å². The van der Waals surface area contributed by atoms with Gasteiger partial charge in [0.1, 0.15) is 5.57 Å². The van der Waals surface area contributed by atoms with Gasteiger partial charge in [0.2, 0.25) is 0 Å². The summed E-state index contributed by atoms with van der Waals surface area (Å²) < 4.78 is 16.9. The second-order valence-electron chi connectivity index (χ2n) is 9.39. The fourth-order valence-electron chi connectivity index (χ4n) is 4.15. The number of hydrogen-bond donors (Lipinski definition) is 2. The van der Waals surface area contributed by atoms with Crippen molar-refractivity contribution >= 4 is 64.4 Å². The third-order valence-corrected chi connectivity index (χ3v) is 6.59. The van der Waals surface area contributed by atoms with Crippen molar-refractivity contribution in [3.63, 3.8) is 0 Å². The molecule has 0 aromatic heterocycles. The first kappa shape index (κ1) is 31.4. The molecule has 1 aliphatic rings. The van der Waals surface area contributed by atoms with Crippen molar-refractivity contribution in [2.45, 2.75) is 27.2 Å². The minimum Gasteiger partial charge on any atom is -0.490 e. The van der Waals surface area contributed by atoms with Gasteiger partial charge in [0.25, 0.3) is 17.7 Å². The molecule has 3 aromatic rings. The second-order valence-corrected chi connectivity index (χ2v) is 10.2. The van der Waals surface area contributed by atoms with Gasteiger partial charge in [-0.3, -0.25) is 19.7 Å². The molecule has 0 saturated carbocycles. The number of ether oxygens (including phenoxy) is 3. The number of urea groups is 1. The highest BCUT2D eigenvalue weighted by Gasteiger charge is 2.37. The summed E-state index contributed by atoms with van der Waals surface area (Å²) in [7, 11) is 0. The number of nitrogens with zero attached hydrogens (tertiary/aromatic N) is 1. The van der Waals surface area contributed by atoms with E-state index in [1.807, 2.05) is 32.0 Å². The van der Waals surface area contributed by atoms with E-state index in [0.29, 0.717) is 30.4 Å². The highest BCUT2D eigenvalue weighted by atomic mass is 35.5. The van der Waals surface area contributed by atoms with Crippen LogP contribution in [0.15, 0.2) is 60.2 Å². The fourth-order valence-corrected chi connectivity index (χ4v) is 4.77. The van der Waals surface area contributed by atoms with Crippen LogP contribution in [0.25, 0.3) is 6.08 Å². The number of benzene rings is 3. The van der Waals surface area contributed by atoms with Gasteiger partial charge >= 0.3 is 6.03 Å². The lowest BCUT2D eigenvalue weighted by Crippen LogP contribution is -2.54. The van der Waals surface area contributed by atoms with Gasteiger partial charge < -0.3 is 19.5 Å². The molecule has 43 heavy (non-hydrogen) atoms. The number of nitrogens with one attached hydrogen (secondary N) is 2. The summed E-state index contributed by atoms with van der Waals surface area (Å²) in [4.78, 5) is 52.0. The molecule has 0 aliphatic carbocycles. The molecule has 1 saturated heterocycles. The molecule has 10 nitrogen and oxygen atoms in total. The first-order valence-electron chi connectivity index (χ1n) is 13.4. The molecule has 1 fully saturated rings. The van der Waals surface area contributed by atoms with Gasteiger partial charge in [-0.2, -0.15) is 0 Å². The van der Waals surface area contributed by atoms with E-state index in [2.05, 4.69) is 10.6 Å². The van der Waals surface area contributed by atoms with Crippen molar-refractivity contribution in [1.82, 2.24) is 5.32 Å². The van der Waals surface area contributed by atoms with E-state index in [1.54, 1.807) is 19.1 Å². The molecule has 12 heteroatoms. The standard InChI is InChI=1S/C31H29Cl2N3O7/c1-4-11-42-25-10-9-21(16-26(25)41-5-2)36-30(39)22(29(38)35-31(36)40)13-19-14-23(32)28(24(33)15-19)43-17-27(37)34-20-8-6-7-18(3)12-20/h6-10,12-16H,4-5,11,17H2,1-3H3,(H,34,37)(H,35,38,40)/b22-13+. The Morgan fingerprint density at radius 1 is 0.953 bits per heavy atom. The molecule has 1 heterocycles. The minimum atomic E-state index is -0.916. The van der Waals surface area contributed by atoms with E-state index >= 15 is 0 Å². The van der Waals surface area contributed by atoms with Crippen LogP contribution in [-0.2, 0) is 14.4 Å². The van der Waals surface area contributed by atoms with Crippen LogP contribution in [-0.4, -0.2) is 43.6 Å². The fraction of sp³-hybridized carbons (Fsp3) is 0.226. The summed E-state index contributed by atoms with van der Waals surface area (Å²) in [6.45, 7) is 6.08. The zero-order valence-corrected chi connectivity index (χ0v) is 25.2. The van der Waals surface area contributed by atoms with Gasteiger partial charge in [0.05, 0.1) is 28.9 Å². The lowest BCUT2D eigenvalue weighted by Gasteiger charge is -2.27. The molecule has 0 bridgehead atoms. The van der Waals surface area contributed by atoms with E-state index < -0.39 is 23.8 Å². The van der Waals surface area contributed by atoms with Crippen LogP contribution in [0, 0.1) is 6.92 Å². The number of amides is 5. The highest BCUT2D eigenvalue weighted by Crippen LogP contribution is 2.36. The predicted molar refractivity (Wildman–Crippen MR) is 164 cm³/mol. The van der Waals surface area contributed by atoms with E-state index in [9.17, 15) is 19.2 Å². The van der Waals surface area contributed by atoms with Crippen LogP contribution in [0.2, 0.25) is 10.0 Å². The van der Waals surface area contributed by atoms with Crippen LogP contribution in [0.1, 0.15) is 31.4 Å². The van der Waals surface area contributed by atoms with E-state index in [0.717, 1.165) is 16.9 Å². The van der Waals surface area contributed by atoms with Gasteiger partial charge in [-0.1, -0.05) is 42.3 Å². The molecule has 3 aromatic carbocycles. The summed E-state index contributed by atoms with van der Waals surface area (Å²) in [6, 6.07) is 13.8. The van der Waals surface area contributed by atoms with Crippen LogP contribution in [0.5, 0.6) is 17.2 Å². The smallest absolute Gasteiger partial charge is 0.335 e. The normalized spacial score (nSPS) is 14.0. The van der Waals surface area contributed by atoms with Gasteiger partial charge in [-0.25, -0.2) is 9.69 Å². The van der Waals surface area contributed by atoms with E-state index in [-0.39, 0.29) is 39.2 Å². The number of hydrogen-bond acceptors (Lipinski definition) is 7. The predicted octanol–water partition coefficient (Wildman–Crippen LogP) is 6.17. The van der Waals surface area contributed by atoms with Gasteiger partial charge in [-0.05, 0) is 73.9 Å². The number of rotatable bonds is 11. The largest absolute Gasteiger partial charge is 0.490 e. The number of anilines is 2. The Hall–Kier alpha value is -4.54. The summed E-state index contributed by atoms with van der Waals surface area (Å²) >= 11 is 12.8. The van der Waals surface area contributed by atoms with Crippen molar-refractivity contribution in [3.8, 4) is 17.2 Å². The number of barbiturate groups is 1. The van der Waals surface area contributed by atoms with E-state index in [4.69, 9.17) is 37.4 Å². The quantitative estimate of drug-likeness (QED) is 0.193. The lowest BCUT2D eigenvalue weighted by atomic mass is 10.1. The van der Waals surface area contributed by atoms with Crippen LogP contribution in [0.4, 0.5) is 16.2 Å². The van der Waals surface area contributed by atoms with Crippen molar-refractivity contribution < 1.29 is 33.4 Å². The minimum absolute atomic E-state index is 0.0447. The third-order valence-electron chi connectivity index (χ3n) is 6.03. The maximum absolute atomic E-state index is 13.4. The zero-order valence-electron chi connectivity index (χ0n) is 23.7. The number of carbonyl (C=O) groups is 4. The van der Waals surface area contributed by atoms with Gasteiger partial charge in [-0.15, -0.1) is 0 Å². The third kappa shape index (κ3) is 7.65. The Morgan fingerprint density at radius 2 is 1.70 bits per heavy atom. The monoisotopic (exact) mass is 625 g/mol. The molecule has 0 unspecified atom stereocenters. The Balaban J connectivity index is 1.54. The van der Waals surface area contributed by atoms with Gasteiger partial charge in [0, 0.05) is 11.8 Å². The van der Waals surface area contributed by atoms with Crippen molar-refractivity contribution in [2.75, 3.05) is 30.0 Å². The topological polar surface area (TPSA) is 123 Å². The van der Waals surface area contributed by atoms with Crippen molar-refractivity contribution in [2.24, 2.45) is 0 Å². The second kappa shape index (κ2) is 14.1. The zero-order chi connectivity index (χ0) is 31.1. The summed E-state index contributed by atoms with van der Waals surface area (Å²) in [5, 5.41) is 4.99. The Morgan fingerprint density at radius 3 is 2.37 bits per heavy atom. The summed E-state index contributed by atoms with van der Waals surface area (Å²) in [5.74, 6) is -1.31. The molecule has 0 spiro atoms. The number of aryl methyl sites for hydroxylation is 1. The summed E-state index contributed by atoms with van der Waals surface area (Å²) in [5.41, 5.74) is 1.74. The molecular weight excluding hydrogens is 597 g/mol. The summed E-state index contributed by atoms with van der Waals surface area (Å²) in [6.07, 6.45) is 2.03. The van der Waals surface area contributed by atoms with E-state index in [1.165, 1.54) is 30.3 Å². The Kier molecular flexibility index (Phi) is 10.3. The SMILES string of the molecule is CCCOc1ccc(N2C(=O)NC(=O)/C(=C\c3cc(Cl)c(OCC(=O)Nc4cccc(C)c4)c(Cl)c3)C2=O)cc1OCC. The van der Waals surface area contributed by atoms with Crippen LogP contribution < -0.4 is 29.7 Å². The molecule has 0 atom stereocenters. The maximum atomic E-state index is 13.4. The lowest BCUT2D eigenvalue weighted by molar-refractivity contribution is -0.122. The molecule has 4 rings (SSSR count). The number of halogens is 2. The number of carbonyl (C=O) groups excluding carboxylic acids is 4. The first-order valence-corrected chi connectivity index (χ1v) is 14.2. The van der Waals surface area contributed by atoms with Crippen molar-refractivity contribution in [1.29, 1.82) is 0 Å². The maximum Gasteiger partial charge on any atom is 0.335 e. The average Bonchev–Trinajstić information content (AvgIpc) is 2.94. The molecule has 224 valence electrons. The molecule has 2 N–H and O–H groups in total. The van der Waals surface area contributed by atoms with Crippen LogP contribution >= 0.6 is 23.2 Å². The molecular formula is C31H29Cl2N3O7.